The maximum absolute atomic E-state index is 11.8. The van der Waals surface area contributed by atoms with Crippen LogP contribution in [0.2, 0.25) is 0 Å². The molecule has 2 amide bonds. The molecule has 1 aromatic heterocycles. The molecule has 0 unspecified atom stereocenters. The number of ether oxygens (including phenoxy) is 1. The van der Waals surface area contributed by atoms with E-state index in [0.29, 0.717) is 17.4 Å². The van der Waals surface area contributed by atoms with Crippen LogP contribution in [-0.2, 0) is 4.79 Å². The first kappa shape index (κ1) is 18.1. The Morgan fingerprint density at radius 2 is 2.00 bits per heavy atom. The number of hydrazine groups is 1. The molecule has 128 valence electrons. The van der Waals surface area contributed by atoms with Crippen molar-refractivity contribution in [1.29, 1.82) is 0 Å². The van der Waals surface area contributed by atoms with Gasteiger partial charge in [0.05, 0.1) is 0 Å². The van der Waals surface area contributed by atoms with E-state index in [1.165, 1.54) is 5.56 Å². The highest BCUT2D eigenvalue weighted by atomic mass is 79.9. The van der Waals surface area contributed by atoms with Crippen molar-refractivity contribution >= 4 is 27.7 Å². The number of carbonyl (C=O) groups is 2. The number of hydrogen-bond acceptors (Lipinski definition) is 3. The van der Waals surface area contributed by atoms with Crippen LogP contribution in [0, 0.1) is 6.92 Å². The Hall–Kier alpha value is -2.28. The number of nitrogens with one attached hydrogen (secondary N) is 3. The number of H-pyrrole nitrogens is 1. The normalized spacial score (nSPS) is 10.5. The van der Waals surface area contributed by atoms with E-state index in [1.54, 1.807) is 12.3 Å². The molecular formula is C17H20BrN3O3. The average molecular weight is 394 g/mol. The molecule has 3 N–H and O–H groups in total. The van der Waals surface area contributed by atoms with E-state index < -0.39 is 11.8 Å². The third-order valence-electron chi connectivity index (χ3n) is 3.44. The lowest BCUT2D eigenvalue weighted by Gasteiger charge is -2.12. The molecule has 1 aromatic carbocycles. The van der Waals surface area contributed by atoms with E-state index >= 15 is 0 Å². The number of benzene rings is 1. The topological polar surface area (TPSA) is 83.2 Å². The number of rotatable bonds is 5. The van der Waals surface area contributed by atoms with Crippen LogP contribution < -0.4 is 15.6 Å². The molecule has 7 heteroatoms. The molecule has 2 rings (SSSR count). The quantitative estimate of drug-likeness (QED) is 0.682. The second-order valence-electron chi connectivity index (χ2n) is 5.70. The molecule has 0 aliphatic rings. The Morgan fingerprint density at radius 1 is 1.25 bits per heavy atom. The van der Waals surface area contributed by atoms with Gasteiger partial charge in [-0.1, -0.05) is 19.9 Å². The Bertz CT molecular complexity index is 740. The smallest absolute Gasteiger partial charge is 0.286 e. The number of aromatic amines is 1. The summed E-state index contributed by atoms with van der Waals surface area (Å²) in [6.45, 7) is 6.08. The van der Waals surface area contributed by atoms with E-state index in [1.807, 2.05) is 25.1 Å². The highest BCUT2D eigenvalue weighted by Gasteiger charge is 2.10. The highest BCUT2D eigenvalue weighted by Crippen LogP contribution is 2.23. The maximum atomic E-state index is 11.8. The summed E-state index contributed by atoms with van der Waals surface area (Å²) in [7, 11) is 0. The zero-order valence-corrected chi connectivity index (χ0v) is 15.4. The molecule has 0 radical (unpaired) electrons. The predicted octanol–water partition coefficient (Wildman–Crippen LogP) is 3.05. The van der Waals surface area contributed by atoms with E-state index in [0.717, 1.165) is 10.0 Å². The van der Waals surface area contributed by atoms with Gasteiger partial charge in [-0.15, -0.1) is 0 Å². The minimum atomic E-state index is -0.445. The maximum Gasteiger partial charge on any atom is 0.286 e. The number of aryl methyl sites for hydroxylation is 1. The van der Waals surface area contributed by atoms with Gasteiger partial charge in [0, 0.05) is 10.7 Å². The van der Waals surface area contributed by atoms with Gasteiger partial charge in [-0.05, 0) is 58.1 Å². The van der Waals surface area contributed by atoms with Crippen LogP contribution in [0.3, 0.4) is 0 Å². The first-order valence-electron chi connectivity index (χ1n) is 7.53. The van der Waals surface area contributed by atoms with E-state index in [-0.39, 0.29) is 6.61 Å². The number of amides is 2. The molecule has 0 aliphatic heterocycles. The van der Waals surface area contributed by atoms with E-state index in [4.69, 9.17) is 4.74 Å². The van der Waals surface area contributed by atoms with Gasteiger partial charge in [0.2, 0.25) is 0 Å². The average Bonchev–Trinajstić information content (AvgIpc) is 2.97. The van der Waals surface area contributed by atoms with Gasteiger partial charge in [-0.2, -0.15) is 0 Å². The predicted molar refractivity (Wildman–Crippen MR) is 94.9 cm³/mol. The number of aromatic nitrogens is 1. The summed E-state index contributed by atoms with van der Waals surface area (Å²) in [6.07, 6.45) is 1.63. The first-order valence-corrected chi connectivity index (χ1v) is 8.32. The van der Waals surface area contributed by atoms with Crippen LogP contribution in [0.4, 0.5) is 0 Å². The van der Waals surface area contributed by atoms with Crippen molar-refractivity contribution in [3.63, 3.8) is 0 Å². The van der Waals surface area contributed by atoms with Crippen LogP contribution in [0.5, 0.6) is 5.75 Å². The molecule has 2 aromatic rings. The lowest BCUT2D eigenvalue weighted by Crippen LogP contribution is -2.43. The van der Waals surface area contributed by atoms with Crippen molar-refractivity contribution in [1.82, 2.24) is 15.8 Å². The Morgan fingerprint density at radius 3 is 2.58 bits per heavy atom. The zero-order chi connectivity index (χ0) is 17.7. The summed E-state index contributed by atoms with van der Waals surface area (Å²) in [5, 5.41) is 0. The van der Waals surface area contributed by atoms with Crippen LogP contribution in [-0.4, -0.2) is 23.4 Å². The molecule has 1 heterocycles. The Balaban J connectivity index is 1.81. The molecule has 0 atom stereocenters. The molecule has 6 nitrogen and oxygen atoms in total. The van der Waals surface area contributed by atoms with E-state index in [2.05, 4.69) is 45.6 Å². The molecular weight excluding hydrogens is 374 g/mol. The number of halogens is 1. The largest absolute Gasteiger partial charge is 0.484 e. The SMILES string of the molecule is Cc1cc(OCC(=O)NNC(=O)c2cc(Br)c[nH]2)ccc1C(C)C. The third kappa shape index (κ3) is 4.86. The van der Waals surface area contributed by atoms with Crippen LogP contribution in [0.25, 0.3) is 0 Å². The van der Waals surface area contributed by atoms with Gasteiger partial charge in [0.25, 0.3) is 11.8 Å². The Labute approximate surface area is 149 Å². The first-order chi connectivity index (χ1) is 11.4. The fraction of sp³-hybridized carbons (Fsp3) is 0.294. The minimum Gasteiger partial charge on any atom is -0.484 e. The van der Waals surface area contributed by atoms with Crippen molar-refractivity contribution in [2.45, 2.75) is 26.7 Å². The molecule has 0 bridgehead atoms. The second-order valence-corrected chi connectivity index (χ2v) is 6.61. The zero-order valence-electron chi connectivity index (χ0n) is 13.8. The minimum absolute atomic E-state index is 0.185. The lowest BCUT2D eigenvalue weighted by atomic mass is 9.98. The summed E-state index contributed by atoms with van der Waals surface area (Å²) >= 11 is 3.23. The summed E-state index contributed by atoms with van der Waals surface area (Å²) in [6, 6.07) is 7.34. The van der Waals surface area contributed by atoms with Crippen LogP contribution >= 0.6 is 15.9 Å². The van der Waals surface area contributed by atoms with Crippen molar-refractivity contribution in [2.75, 3.05) is 6.61 Å². The van der Waals surface area contributed by atoms with Gasteiger partial charge in [0.1, 0.15) is 11.4 Å². The second kappa shape index (κ2) is 8.01. The van der Waals surface area contributed by atoms with Gasteiger partial charge >= 0.3 is 0 Å². The fourth-order valence-electron chi connectivity index (χ4n) is 2.26. The molecule has 0 aliphatic carbocycles. The highest BCUT2D eigenvalue weighted by molar-refractivity contribution is 9.10. The van der Waals surface area contributed by atoms with Crippen molar-refractivity contribution in [3.05, 3.63) is 51.8 Å². The van der Waals surface area contributed by atoms with Gasteiger partial charge in [-0.3, -0.25) is 20.4 Å². The molecule has 0 fully saturated rings. The molecule has 0 saturated carbocycles. The lowest BCUT2D eigenvalue weighted by molar-refractivity contribution is -0.123. The number of carbonyl (C=O) groups excluding carboxylic acids is 2. The summed E-state index contributed by atoms with van der Waals surface area (Å²) in [5.41, 5.74) is 7.32. The van der Waals surface area contributed by atoms with Crippen molar-refractivity contribution in [2.24, 2.45) is 0 Å². The van der Waals surface area contributed by atoms with Crippen LogP contribution in [0.1, 0.15) is 41.4 Å². The number of hydrogen-bond donors (Lipinski definition) is 3. The van der Waals surface area contributed by atoms with E-state index in [9.17, 15) is 9.59 Å². The summed E-state index contributed by atoms with van der Waals surface area (Å²) in [4.78, 5) is 26.3. The van der Waals surface area contributed by atoms with Gasteiger partial charge in [-0.25, -0.2) is 0 Å². The molecule has 0 saturated heterocycles. The van der Waals surface area contributed by atoms with Crippen molar-refractivity contribution in [3.8, 4) is 5.75 Å². The van der Waals surface area contributed by atoms with Crippen LogP contribution in [0.15, 0.2) is 34.9 Å². The third-order valence-corrected chi connectivity index (χ3v) is 3.90. The fourth-order valence-corrected chi connectivity index (χ4v) is 2.61. The summed E-state index contributed by atoms with van der Waals surface area (Å²) < 4.78 is 6.20. The Kier molecular flexibility index (Phi) is 6.03. The van der Waals surface area contributed by atoms with Gasteiger partial charge < -0.3 is 9.72 Å². The summed E-state index contributed by atoms with van der Waals surface area (Å²) in [5.74, 6) is 0.169. The standard InChI is InChI=1S/C17H20BrN3O3/c1-10(2)14-5-4-13(6-11(14)3)24-9-16(22)20-21-17(23)15-7-12(18)8-19-15/h4-8,10,19H,9H2,1-3H3,(H,20,22)(H,21,23). The monoisotopic (exact) mass is 393 g/mol. The van der Waals surface area contributed by atoms with Gasteiger partial charge in [0.15, 0.2) is 6.61 Å². The molecule has 24 heavy (non-hydrogen) atoms. The van der Waals surface area contributed by atoms with Crippen molar-refractivity contribution < 1.29 is 14.3 Å². The molecule has 0 spiro atoms.